The van der Waals surface area contributed by atoms with Crippen LogP contribution in [0.5, 0.6) is 5.88 Å². The number of aliphatic carboxylic acids is 1. The molecule has 0 aromatic carbocycles. The molecular formula is C8H7N3O4. The second-order valence-corrected chi connectivity index (χ2v) is 2.94. The van der Waals surface area contributed by atoms with Gasteiger partial charge in [-0.1, -0.05) is 0 Å². The third kappa shape index (κ3) is 1.85. The van der Waals surface area contributed by atoms with Crippen molar-refractivity contribution in [1.82, 2.24) is 9.97 Å². The van der Waals surface area contributed by atoms with E-state index in [9.17, 15) is 9.59 Å². The predicted octanol–water partition coefficient (Wildman–Crippen LogP) is -0.349. The SMILES string of the molecule is O=C(O)CC1Oc2ncncc2NC1=O. The maximum absolute atomic E-state index is 11.3. The lowest BCUT2D eigenvalue weighted by Crippen LogP contribution is -2.38. The van der Waals surface area contributed by atoms with Crippen molar-refractivity contribution in [3.05, 3.63) is 12.5 Å². The Morgan fingerprint density at radius 2 is 2.47 bits per heavy atom. The number of anilines is 1. The summed E-state index contributed by atoms with van der Waals surface area (Å²) in [5.41, 5.74) is 0.351. The van der Waals surface area contributed by atoms with Crippen molar-refractivity contribution < 1.29 is 19.4 Å². The highest BCUT2D eigenvalue weighted by Crippen LogP contribution is 2.25. The van der Waals surface area contributed by atoms with Gasteiger partial charge in [-0.25, -0.2) is 4.98 Å². The zero-order valence-electron chi connectivity index (χ0n) is 7.51. The van der Waals surface area contributed by atoms with Crippen LogP contribution in [0.3, 0.4) is 0 Å². The minimum absolute atomic E-state index is 0.191. The van der Waals surface area contributed by atoms with Gasteiger partial charge in [-0.15, -0.1) is 0 Å². The molecule has 1 aliphatic heterocycles. The van der Waals surface area contributed by atoms with E-state index in [4.69, 9.17) is 9.84 Å². The molecule has 1 unspecified atom stereocenters. The number of carboxylic acid groups (broad SMARTS) is 1. The second kappa shape index (κ2) is 3.52. The molecule has 1 amide bonds. The predicted molar refractivity (Wildman–Crippen MR) is 47.3 cm³/mol. The molecule has 0 fully saturated rings. The Bertz CT molecular complexity index is 420. The van der Waals surface area contributed by atoms with Crippen molar-refractivity contribution >= 4 is 17.6 Å². The zero-order chi connectivity index (χ0) is 10.8. The molecule has 0 saturated carbocycles. The number of carboxylic acids is 1. The van der Waals surface area contributed by atoms with Crippen molar-refractivity contribution in [2.24, 2.45) is 0 Å². The number of nitrogens with one attached hydrogen (secondary N) is 1. The first kappa shape index (κ1) is 9.38. The highest BCUT2D eigenvalue weighted by atomic mass is 16.5. The molecule has 0 spiro atoms. The van der Waals surface area contributed by atoms with E-state index < -0.39 is 24.4 Å². The average molecular weight is 209 g/mol. The third-order valence-corrected chi connectivity index (χ3v) is 1.84. The average Bonchev–Trinajstić information content (AvgIpc) is 2.18. The van der Waals surface area contributed by atoms with Crippen LogP contribution >= 0.6 is 0 Å². The Morgan fingerprint density at radius 1 is 1.67 bits per heavy atom. The van der Waals surface area contributed by atoms with Crippen LogP contribution in [0.1, 0.15) is 6.42 Å². The highest BCUT2D eigenvalue weighted by Gasteiger charge is 2.30. The van der Waals surface area contributed by atoms with Gasteiger partial charge in [-0.3, -0.25) is 9.59 Å². The fourth-order valence-electron chi connectivity index (χ4n) is 1.19. The summed E-state index contributed by atoms with van der Waals surface area (Å²) in [5, 5.41) is 11.0. The molecule has 0 radical (unpaired) electrons. The molecule has 0 bridgehead atoms. The Morgan fingerprint density at radius 3 is 3.20 bits per heavy atom. The first-order chi connectivity index (χ1) is 7.16. The summed E-state index contributed by atoms with van der Waals surface area (Å²) >= 11 is 0. The Kier molecular flexibility index (Phi) is 2.20. The van der Waals surface area contributed by atoms with E-state index in [1.165, 1.54) is 12.5 Å². The van der Waals surface area contributed by atoms with Gasteiger partial charge in [0.25, 0.3) is 5.91 Å². The van der Waals surface area contributed by atoms with E-state index in [0.717, 1.165) is 0 Å². The maximum Gasteiger partial charge on any atom is 0.307 e. The molecule has 15 heavy (non-hydrogen) atoms. The lowest BCUT2D eigenvalue weighted by atomic mass is 10.2. The summed E-state index contributed by atoms with van der Waals surface area (Å²) in [6, 6.07) is 0. The maximum atomic E-state index is 11.3. The van der Waals surface area contributed by atoms with Crippen molar-refractivity contribution in [2.75, 3.05) is 5.32 Å². The highest BCUT2D eigenvalue weighted by molar-refractivity contribution is 5.98. The normalized spacial score (nSPS) is 18.7. The van der Waals surface area contributed by atoms with E-state index in [0.29, 0.717) is 5.69 Å². The van der Waals surface area contributed by atoms with Crippen molar-refractivity contribution in [1.29, 1.82) is 0 Å². The lowest BCUT2D eigenvalue weighted by molar-refractivity contribution is -0.142. The van der Waals surface area contributed by atoms with Crippen LogP contribution in [0, 0.1) is 0 Å². The summed E-state index contributed by atoms with van der Waals surface area (Å²) in [5.74, 6) is -1.41. The van der Waals surface area contributed by atoms with Gasteiger partial charge >= 0.3 is 5.97 Å². The number of rotatable bonds is 2. The Labute approximate surface area is 84.1 Å². The van der Waals surface area contributed by atoms with Crippen LogP contribution < -0.4 is 10.1 Å². The van der Waals surface area contributed by atoms with E-state index in [2.05, 4.69) is 15.3 Å². The number of nitrogens with zero attached hydrogens (tertiary/aromatic N) is 2. The van der Waals surface area contributed by atoms with Crippen LogP contribution in [-0.4, -0.2) is 33.1 Å². The zero-order valence-corrected chi connectivity index (χ0v) is 7.51. The summed E-state index contributed by atoms with van der Waals surface area (Å²) < 4.78 is 5.11. The fraction of sp³-hybridized carbons (Fsp3) is 0.250. The molecule has 2 N–H and O–H groups in total. The van der Waals surface area contributed by atoms with Crippen molar-refractivity contribution in [3.63, 3.8) is 0 Å². The standard InChI is InChI=1S/C8H7N3O4/c12-6(13)1-5-7(14)11-4-2-9-3-10-8(4)15-5/h2-3,5H,1H2,(H,11,14)(H,12,13). The number of aromatic nitrogens is 2. The number of hydrogen-bond donors (Lipinski definition) is 2. The largest absolute Gasteiger partial charge is 0.481 e. The van der Waals surface area contributed by atoms with Crippen molar-refractivity contribution in [3.8, 4) is 5.88 Å². The lowest BCUT2D eigenvalue weighted by Gasteiger charge is -2.22. The quantitative estimate of drug-likeness (QED) is 0.690. The van der Waals surface area contributed by atoms with Gasteiger partial charge in [0.2, 0.25) is 5.88 Å². The summed E-state index contributed by atoms with van der Waals surface area (Å²) in [6.45, 7) is 0. The molecule has 1 aromatic rings. The minimum atomic E-state index is -1.10. The number of amides is 1. The number of carbonyl (C=O) groups is 2. The van der Waals surface area contributed by atoms with Crippen LogP contribution in [0.2, 0.25) is 0 Å². The summed E-state index contributed by atoms with van der Waals surface area (Å²) in [7, 11) is 0. The smallest absolute Gasteiger partial charge is 0.307 e. The monoisotopic (exact) mass is 209 g/mol. The van der Waals surface area contributed by atoms with Crippen LogP contribution in [-0.2, 0) is 9.59 Å². The van der Waals surface area contributed by atoms with E-state index in [1.807, 2.05) is 0 Å². The number of ether oxygens (including phenoxy) is 1. The van der Waals surface area contributed by atoms with Gasteiger partial charge in [0.05, 0.1) is 12.6 Å². The minimum Gasteiger partial charge on any atom is -0.481 e. The summed E-state index contributed by atoms with van der Waals surface area (Å²) in [4.78, 5) is 29.2. The molecule has 2 rings (SSSR count). The topological polar surface area (TPSA) is 101 Å². The molecule has 2 heterocycles. The van der Waals surface area contributed by atoms with Gasteiger partial charge < -0.3 is 15.2 Å². The number of fused-ring (bicyclic) bond motifs is 1. The van der Waals surface area contributed by atoms with Crippen LogP contribution in [0.15, 0.2) is 12.5 Å². The molecule has 1 atom stereocenters. The number of carbonyl (C=O) groups excluding carboxylic acids is 1. The van der Waals surface area contributed by atoms with Gasteiger partial charge in [0, 0.05) is 0 Å². The van der Waals surface area contributed by atoms with Crippen molar-refractivity contribution in [2.45, 2.75) is 12.5 Å². The van der Waals surface area contributed by atoms with Crippen LogP contribution in [0.25, 0.3) is 0 Å². The van der Waals surface area contributed by atoms with E-state index >= 15 is 0 Å². The molecule has 1 aromatic heterocycles. The molecule has 7 nitrogen and oxygen atoms in total. The Hall–Kier alpha value is -2.18. The molecule has 0 saturated heterocycles. The first-order valence-corrected chi connectivity index (χ1v) is 4.16. The summed E-state index contributed by atoms with van der Waals surface area (Å²) in [6.07, 6.45) is 1.21. The first-order valence-electron chi connectivity index (χ1n) is 4.16. The van der Waals surface area contributed by atoms with E-state index in [-0.39, 0.29) is 5.88 Å². The van der Waals surface area contributed by atoms with Crippen LogP contribution in [0.4, 0.5) is 5.69 Å². The molecule has 7 heteroatoms. The van der Waals surface area contributed by atoms with Gasteiger partial charge in [-0.2, -0.15) is 4.98 Å². The number of hydrogen-bond acceptors (Lipinski definition) is 5. The van der Waals surface area contributed by atoms with Gasteiger partial charge in [-0.05, 0) is 0 Å². The van der Waals surface area contributed by atoms with E-state index in [1.54, 1.807) is 0 Å². The van der Waals surface area contributed by atoms with Gasteiger partial charge in [0.1, 0.15) is 12.0 Å². The fourth-order valence-corrected chi connectivity index (χ4v) is 1.19. The molecule has 0 aliphatic carbocycles. The third-order valence-electron chi connectivity index (χ3n) is 1.84. The molecule has 78 valence electrons. The molecular weight excluding hydrogens is 202 g/mol. The molecule has 1 aliphatic rings. The second-order valence-electron chi connectivity index (χ2n) is 2.94. The van der Waals surface area contributed by atoms with Gasteiger partial charge in [0.15, 0.2) is 6.10 Å². The Balaban J connectivity index is 2.22.